The maximum atomic E-state index is 5.91. The number of halogens is 1. The van der Waals surface area contributed by atoms with Crippen LogP contribution in [0.5, 0.6) is 11.5 Å². The fourth-order valence-electron chi connectivity index (χ4n) is 2.77. The zero-order valence-corrected chi connectivity index (χ0v) is 16.3. The monoisotopic (exact) mass is 377 g/mol. The smallest absolute Gasteiger partial charge is 0.230 e. The highest BCUT2D eigenvalue weighted by Gasteiger charge is 2.17. The van der Waals surface area contributed by atoms with Crippen LogP contribution < -0.4 is 9.47 Å². The molecule has 0 spiro atoms. The van der Waals surface area contributed by atoms with E-state index in [2.05, 4.69) is 21.5 Å². The summed E-state index contributed by atoms with van der Waals surface area (Å²) in [6.45, 7) is 4.71. The third kappa shape index (κ3) is 4.02. The molecule has 26 heavy (non-hydrogen) atoms. The molecule has 0 N–H and O–H groups in total. The number of imidazole rings is 1. The van der Waals surface area contributed by atoms with E-state index in [0.29, 0.717) is 18.2 Å². The van der Waals surface area contributed by atoms with Gasteiger partial charge in [-0.1, -0.05) is 6.92 Å². The van der Waals surface area contributed by atoms with Gasteiger partial charge in [-0.3, -0.25) is 0 Å². The minimum absolute atomic E-state index is 0. The van der Waals surface area contributed by atoms with Crippen LogP contribution >= 0.6 is 12.4 Å². The van der Waals surface area contributed by atoms with Crippen molar-refractivity contribution in [3.63, 3.8) is 0 Å². The quantitative estimate of drug-likeness (QED) is 0.614. The number of hydrogen-bond donors (Lipinski definition) is 0. The van der Waals surface area contributed by atoms with Crippen LogP contribution in [-0.4, -0.2) is 28.8 Å². The average Bonchev–Trinajstić information content (AvgIpc) is 3.22. The SMILES string of the molecule is CCCc1nccn1Cc1nc(-c2cc(OC)ccc2OC)oc1C.Cl. The first-order chi connectivity index (χ1) is 12.2. The summed E-state index contributed by atoms with van der Waals surface area (Å²) in [5.74, 6) is 3.80. The van der Waals surface area contributed by atoms with Crippen molar-refractivity contribution in [2.24, 2.45) is 0 Å². The highest BCUT2D eigenvalue weighted by Crippen LogP contribution is 2.34. The molecule has 0 atom stereocenters. The van der Waals surface area contributed by atoms with Gasteiger partial charge in [0.15, 0.2) is 0 Å². The third-order valence-electron chi connectivity index (χ3n) is 4.13. The summed E-state index contributed by atoms with van der Waals surface area (Å²) >= 11 is 0. The molecule has 1 aromatic carbocycles. The van der Waals surface area contributed by atoms with Crippen LogP contribution in [0, 0.1) is 6.92 Å². The van der Waals surface area contributed by atoms with E-state index in [9.17, 15) is 0 Å². The van der Waals surface area contributed by atoms with Crippen LogP contribution in [0.2, 0.25) is 0 Å². The molecular weight excluding hydrogens is 354 g/mol. The Hall–Kier alpha value is -2.47. The highest BCUT2D eigenvalue weighted by atomic mass is 35.5. The molecular formula is C19H24ClN3O3. The minimum Gasteiger partial charge on any atom is -0.497 e. The van der Waals surface area contributed by atoms with Gasteiger partial charge in [0.05, 0.1) is 26.3 Å². The van der Waals surface area contributed by atoms with E-state index < -0.39 is 0 Å². The molecule has 0 radical (unpaired) electrons. The molecule has 6 nitrogen and oxygen atoms in total. The summed E-state index contributed by atoms with van der Waals surface area (Å²) in [6.07, 6.45) is 5.80. The van der Waals surface area contributed by atoms with E-state index in [0.717, 1.165) is 41.4 Å². The predicted molar refractivity (Wildman–Crippen MR) is 102 cm³/mol. The van der Waals surface area contributed by atoms with Gasteiger partial charge >= 0.3 is 0 Å². The second kappa shape index (κ2) is 8.76. The number of aromatic nitrogens is 3. The van der Waals surface area contributed by atoms with Gasteiger partial charge in [-0.15, -0.1) is 12.4 Å². The van der Waals surface area contributed by atoms with Gasteiger partial charge in [0, 0.05) is 18.8 Å². The molecule has 0 saturated heterocycles. The molecule has 7 heteroatoms. The molecule has 3 rings (SSSR count). The molecule has 0 amide bonds. The molecule has 0 aliphatic carbocycles. The van der Waals surface area contributed by atoms with E-state index in [-0.39, 0.29) is 12.4 Å². The zero-order valence-electron chi connectivity index (χ0n) is 15.5. The minimum atomic E-state index is 0. The second-order valence-electron chi connectivity index (χ2n) is 5.81. The lowest BCUT2D eigenvalue weighted by atomic mass is 10.2. The molecule has 140 valence electrons. The molecule has 0 unspecified atom stereocenters. The fraction of sp³-hybridized carbons (Fsp3) is 0.368. The van der Waals surface area contributed by atoms with E-state index in [1.54, 1.807) is 14.2 Å². The van der Waals surface area contributed by atoms with E-state index in [1.807, 2.05) is 37.5 Å². The van der Waals surface area contributed by atoms with Crippen LogP contribution in [0.3, 0.4) is 0 Å². The summed E-state index contributed by atoms with van der Waals surface area (Å²) in [4.78, 5) is 9.10. The van der Waals surface area contributed by atoms with E-state index >= 15 is 0 Å². The maximum absolute atomic E-state index is 5.91. The van der Waals surface area contributed by atoms with Crippen molar-refractivity contribution in [3.8, 4) is 23.0 Å². The highest BCUT2D eigenvalue weighted by molar-refractivity contribution is 5.85. The van der Waals surface area contributed by atoms with Gasteiger partial charge in [0.25, 0.3) is 0 Å². The Morgan fingerprint density at radius 2 is 2.00 bits per heavy atom. The third-order valence-corrected chi connectivity index (χ3v) is 4.13. The number of ether oxygens (including phenoxy) is 2. The van der Waals surface area contributed by atoms with Gasteiger partial charge in [-0.25, -0.2) is 9.97 Å². The lowest BCUT2D eigenvalue weighted by Crippen LogP contribution is -2.05. The van der Waals surface area contributed by atoms with Crippen LogP contribution in [0.4, 0.5) is 0 Å². The molecule has 0 fully saturated rings. The first-order valence-corrected chi connectivity index (χ1v) is 8.35. The number of benzene rings is 1. The normalized spacial score (nSPS) is 10.5. The molecule has 3 aromatic rings. The van der Waals surface area contributed by atoms with Gasteiger partial charge < -0.3 is 18.5 Å². The fourth-order valence-corrected chi connectivity index (χ4v) is 2.77. The van der Waals surface area contributed by atoms with Crippen molar-refractivity contribution in [2.75, 3.05) is 14.2 Å². The average molecular weight is 378 g/mol. The second-order valence-corrected chi connectivity index (χ2v) is 5.81. The molecule has 0 aliphatic rings. The van der Waals surface area contributed by atoms with Crippen molar-refractivity contribution in [1.82, 2.24) is 14.5 Å². The van der Waals surface area contributed by atoms with Crippen molar-refractivity contribution in [2.45, 2.75) is 33.2 Å². The Labute approximate surface area is 159 Å². The molecule has 2 heterocycles. The van der Waals surface area contributed by atoms with Crippen LogP contribution in [0.1, 0.15) is 30.6 Å². The van der Waals surface area contributed by atoms with Crippen LogP contribution in [-0.2, 0) is 13.0 Å². The van der Waals surface area contributed by atoms with E-state index in [1.165, 1.54) is 0 Å². The van der Waals surface area contributed by atoms with Crippen molar-refractivity contribution in [1.29, 1.82) is 0 Å². The standard InChI is InChI=1S/C19H23N3O3.ClH/c1-5-6-18-20-9-10-22(18)12-16-13(2)25-19(21-16)15-11-14(23-3)7-8-17(15)24-4;/h7-11H,5-6,12H2,1-4H3;1H. The Kier molecular flexibility index (Phi) is 6.69. The summed E-state index contributed by atoms with van der Waals surface area (Å²) in [6, 6.07) is 5.57. The lowest BCUT2D eigenvalue weighted by Gasteiger charge is -2.07. The molecule has 0 aliphatic heterocycles. The number of oxazole rings is 1. The van der Waals surface area contributed by atoms with Crippen LogP contribution in [0.15, 0.2) is 35.0 Å². The molecule has 0 saturated carbocycles. The number of hydrogen-bond acceptors (Lipinski definition) is 5. The Bertz CT molecular complexity index is 858. The van der Waals surface area contributed by atoms with E-state index in [4.69, 9.17) is 13.9 Å². The summed E-state index contributed by atoms with van der Waals surface area (Å²) in [5.41, 5.74) is 1.66. The van der Waals surface area contributed by atoms with Crippen LogP contribution in [0.25, 0.3) is 11.5 Å². The van der Waals surface area contributed by atoms with Gasteiger partial charge in [0.1, 0.15) is 28.8 Å². The van der Waals surface area contributed by atoms with Crippen molar-refractivity contribution < 1.29 is 13.9 Å². The maximum Gasteiger partial charge on any atom is 0.230 e. The number of nitrogens with zero attached hydrogens (tertiary/aromatic N) is 3. The molecule has 0 bridgehead atoms. The lowest BCUT2D eigenvalue weighted by molar-refractivity contribution is 0.402. The summed E-state index contributed by atoms with van der Waals surface area (Å²) < 4.78 is 18.8. The van der Waals surface area contributed by atoms with Gasteiger partial charge in [-0.05, 0) is 31.5 Å². The largest absolute Gasteiger partial charge is 0.497 e. The molecule has 2 aromatic heterocycles. The topological polar surface area (TPSA) is 62.3 Å². The summed E-state index contributed by atoms with van der Waals surface area (Å²) in [7, 11) is 3.26. The number of aryl methyl sites for hydroxylation is 2. The predicted octanol–water partition coefficient (Wildman–Crippen LogP) is 4.29. The Morgan fingerprint density at radius 1 is 1.19 bits per heavy atom. The van der Waals surface area contributed by atoms with Crippen molar-refractivity contribution >= 4 is 12.4 Å². The number of methoxy groups -OCH3 is 2. The zero-order chi connectivity index (χ0) is 17.8. The van der Waals surface area contributed by atoms with Gasteiger partial charge in [0.2, 0.25) is 5.89 Å². The Morgan fingerprint density at radius 3 is 2.69 bits per heavy atom. The summed E-state index contributed by atoms with van der Waals surface area (Å²) in [5, 5.41) is 0. The van der Waals surface area contributed by atoms with Crippen molar-refractivity contribution in [3.05, 3.63) is 47.9 Å². The first-order valence-electron chi connectivity index (χ1n) is 8.35. The Balaban J connectivity index is 0.00000243. The first kappa shape index (κ1) is 19.8. The number of rotatable bonds is 7. The van der Waals surface area contributed by atoms with Gasteiger partial charge in [-0.2, -0.15) is 0 Å².